The number of halogens is 1. The second-order valence-electron chi connectivity index (χ2n) is 8.85. The number of amides is 1. The summed E-state index contributed by atoms with van der Waals surface area (Å²) in [6.45, 7) is 2.58. The Morgan fingerprint density at radius 3 is 2.60 bits per heavy atom. The maximum atomic E-state index is 13.6. The first-order chi connectivity index (χ1) is 14.6. The predicted molar refractivity (Wildman–Crippen MR) is 121 cm³/mol. The zero-order valence-electron chi connectivity index (χ0n) is 17.8. The summed E-state index contributed by atoms with van der Waals surface area (Å²) in [5, 5.41) is 7.01. The van der Waals surface area contributed by atoms with Crippen molar-refractivity contribution in [2.24, 2.45) is 10.9 Å². The molecule has 1 aromatic carbocycles. The van der Waals surface area contributed by atoms with Crippen LogP contribution in [0.25, 0.3) is 0 Å². The van der Waals surface area contributed by atoms with Crippen LogP contribution in [-0.4, -0.2) is 61.0 Å². The number of hydrogen-bond acceptors (Lipinski definition) is 3. The number of carbonyl (C=O) groups is 1. The first-order valence-corrected chi connectivity index (χ1v) is 12.3. The van der Waals surface area contributed by atoms with Gasteiger partial charge in [0, 0.05) is 55.6 Å². The Morgan fingerprint density at radius 2 is 1.97 bits per heavy atom. The van der Waals surface area contributed by atoms with E-state index >= 15 is 0 Å². The van der Waals surface area contributed by atoms with Gasteiger partial charge in [0.2, 0.25) is 5.91 Å². The molecule has 0 radical (unpaired) electrons. The van der Waals surface area contributed by atoms with E-state index in [2.05, 4.69) is 20.5 Å². The van der Waals surface area contributed by atoms with E-state index in [-0.39, 0.29) is 17.2 Å². The van der Waals surface area contributed by atoms with Crippen LogP contribution in [0.5, 0.6) is 0 Å². The van der Waals surface area contributed by atoms with Crippen molar-refractivity contribution >= 4 is 23.6 Å². The molecule has 2 aliphatic carbocycles. The highest BCUT2D eigenvalue weighted by Gasteiger charge is 2.44. The van der Waals surface area contributed by atoms with Crippen molar-refractivity contribution in [3.05, 3.63) is 35.6 Å². The summed E-state index contributed by atoms with van der Waals surface area (Å²) in [4.78, 5) is 19.2. The van der Waals surface area contributed by atoms with Crippen LogP contribution in [0.2, 0.25) is 0 Å². The van der Waals surface area contributed by atoms with Crippen LogP contribution in [0.3, 0.4) is 0 Å². The van der Waals surface area contributed by atoms with E-state index in [0.29, 0.717) is 11.9 Å². The molecule has 1 heterocycles. The van der Waals surface area contributed by atoms with Gasteiger partial charge in [-0.3, -0.25) is 9.79 Å². The van der Waals surface area contributed by atoms with E-state index < -0.39 is 0 Å². The number of guanidine groups is 1. The molecule has 1 amide bonds. The van der Waals surface area contributed by atoms with Gasteiger partial charge in [-0.25, -0.2) is 4.39 Å². The SMILES string of the molecule is CN=C(NCC1(c2cccc(F)c2)CC1)NC1CCC(C(=O)N2CCSCC2)CC1. The lowest BCUT2D eigenvalue weighted by Crippen LogP contribution is -2.48. The second-order valence-corrected chi connectivity index (χ2v) is 10.1. The van der Waals surface area contributed by atoms with E-state index in [1.165, 1.54) is 6.07 Å². The standard InChI is InChI=1S/C23H33FN4OS/c1-25-22(26-16-23(9-10-23)18-3-2-4-19(24)15-18)27-20-7-5-17(6-8-20)21(29)28-11-13-30-14-12-28/h2-4,15,17,20H,5-14,16H2,1H3,(H2,25,26,27). The third-order valence-corrected chi connectivity index (χ3v) is 7.79. The lowest BCUT2D eigenvalue weighted by atomic mass is 9.85. The third-order valence-electron chi connectivity index (χ3n) is 6.85. The van der Waals surface area contributed by atoms with Gasteiger partial charge in [0.05, 0.1) is 0 Å². The van der Waals surface area contributed by atoms with Crippen molar-refractivity contribution < 1.29 is 9.18 Å². The highest BCUT2D eigenvalue weighted by Crippen LogP contribution is 2.47. The predicted octanol–water partition coefficient (Wildman–Crippen LogP) is 3.16. The summed E-state index contributed by atoms with van der Waals surface area (Å²) < 4.78 is 13.6. The maximum absolute atomic E-state index is 13.6. The van der Waals surface area contributed by atoms with Crippen LogP contribution in [-0.2, 0) is 10.2 Å². The molecule has 3 aliphatic rings. The maximum Gasteiger partial charge on any atom is 0.225 e. The molecule has 4 rings (SSSR count). The topological polar surface area (TPSA) is 56.7 Å². The van der Waals surface area contributed by atoms with Crippen LogP contribution >= 0.6 is 11.8 Å². The molecule has 3 fully saturated rings. The van der Waals surface area contributed by atoms with E-state index in [4.69, 9.17) is 0 Å². The smallest absolute Gasteiger partial charge is 0.225 e. The summed E-state index contributed by atoms with van der Waals surface area (Å²) >= 11 is 1.94. The number of thioether (sulfide) groups is 1. The minimum atomic E-state index is -0.170. The Kier molecular flexibility index (Phi) is 6.86. The van der Waals surface area contributed by atoms with Gasteiger partial charge < -0.3 is 15.5 Å². The average Bonchev–Trinajstić information content (AvgIpc) is 3.58. The fourth-order valence-electron chi connectivity index (χ4n) is 4.70. The fraction of sp³-hybridized carbons (Fsp3) is 0.652. The van der Waals surface area contributed by atoms with Gasteiger partial charge in [-0.15, -0.1) is 0 Å². The van der Waals surface area contributed by atoms with Crippen LogP contribution in [0.4, 0.5) is 4.39 Å². The van der Waals surface area contributed by atoms with Crippen LogP contribution in [0.15, 0.2) is 29.3 Å². The molecule has 30 heavy (non-hydrogen) atoms. The molecule has 0 spiro atoms. The van der Waals surface area contributed by atoms with Crippen molar-refractivity contribution in [1.29, 1.82) is 0 Å². The molecule has 2 N–H and O–H groups in total. The van der Waals surface area contributed by atoms with E-state index in [1.54, 1.807) is 19.2 Å². The van der Waals surface area contributed by atoms with Gasteiger partial charge in [-0.2, -0.15) is 11.8 Å². The third kappa shape index (κ3) is 5.10. The number of rotatable bonds is 5. The first kappa shape index (κ1) is 21.5. The highest BCUT2D eigenvalue weighted by atomic mass is 32.2. The summed E-state index contributed by atoms with van der Waals surface area (Å²) in [6, 6.07) is 7.32. The molecule has 164 valence electrons. The van der Waals surface area contributed by atoms with Crippen molar-refractivity contribution in [3.63, 3.8) is 0 Å². The van der Waals surface area contributed by atoms with E-state index in [9.17, 15) is 9.18 Å². The zero-order valence-corrected chi connectivity index (χ0v) is 18.6. The highest BCUT2D eigenvalue weighted by molar-refractivity contribution is 7.99. The monoisotopic (exact) mass is 432 g/mol. The molecule has 1 aromatic rings. The molecule has 0 unspecified atom stereocenters. The molecule has 2 saturated carbocycles. The average molecular weight is 433 g/mol. The van der Waals surface area contributed by atoms with Crippen molar-refractivity contribution in [1.82, 2.24) is 15.5 Å². The van der Waals surface area contributed by atoms with Gasteiger partial charge in [0.25, 0.3) is 0 Å². The minimum Gasteiger partial charge on any atom is -0.356 e. The van der Waals surface area contributed by atoms with E-state index in [1.807, 2.05) is 17.8 Å². The molecule has 0 atom stereocenters. The normalized spacial score (nSPS) is 26.2. The Bertz CT molecular complexity index is 768. The molecular formula is C23H33FN4OS. The Labute approximate surface area is 183 Å². The van der Waals surface area contributed by atoms with Gasteiger partial charge in [-0.1, -0.05) is 12.1 Å². The molecule has 0 aromatic heterocycles. The van der Waals surface area contributed by atoms with Gasteiger partial charge in [0.15, 0.2) is 5.96 Å². The molecule has 1 saturated heterocycles. The number of nitrogens with zero attached hydrogens (tertiary/aromatic N) is 2. The van der Waals surface area contributed by atoms with E-state index in [0.717, 1.165) is 81.2 Å². The number of hydrogen-bond donors (Lipinski definition) is 2. The molecule has 7 heteroatoms. The zero-order chi connectivity index (χ0) is 21.0. The molecule has 5 nitrogen and oxygen atoms in total. The summed E-state index contributed by atoms with van der Waals surface area (Å²) in [5.41, 5.74) is 1.09. The number of nitrogens with one attached hydrogen (secondary N) is 2. The van der Waals surface area contributed by atoms with Crippen molar-refractivity contribution in [3.8, 4) is 0 Å². The fourth-order valence-corrected chi connectivity index (χ4v) is 5.61. The van der Waals surface area contributed by atoms with Crippen molar-refractivity contribution in [2.75, 3.05) is 38.2 Å². The number of aliphatic imine (C=N–C) groups is 1. The molecular weight excluding hydrogens is 399 g/mol. The molecule has 0 bridgehead atoms. The van der Waals surface area contributed by atoms with Crippen LogP contribution in [0.1, 0.15) is 44.1 Å². The second kappa shape index (κ2) is 9.58. The summed E-state index contributed by atoms with van der Waals surface area (Å²) in [7, 11) is 1.79. The summed E-state index contributed by atoms with van der Waals surface area (Å²) in [5.74, 6) is 3.33. The van der Waals surface area contributed by atoms with Gasteiger partial charge in [0.1, 0.15) is 5.82 Å². The largest absolute Gasteiger partial charge is 0.356 e. The Morgan fingerprint density at radius 1 is 1.23 bits per heavy atom. The van der Waals surface area contributed by atoms with Crippen LogP contribution in [0, 0.1) is 11.7 Å². The first-order valence-electron chi connectivity index (χ1n) is 11.2. The Hall–Kier alpha value is -1.76. The lowest BCUT2D eigenvalue weighted by molar-refractivity contribution is -0.136. The molecule has 1 aliphatic heterocycles. The minimum absolute atomic E-state index is 0.0243. The lowest BCUT2D eigenvalue weighted by Gasteiger charge is -2.34. The van der Waals surface area contributed by atoms with Crippen molar-refractivity contribution in [2.45, 2.75) is 50.0 Å². The summed E-state index contributed by atoms with van der Waals surface area (Å²) in [6.07, 6.45) is 6.03. The number of carbonyl (C=O) groups excluding carboxylic acids is 1. The number of benzene rings is 1. The van der Waals surface area contributed by atoms with Crippen LogP contribution < -0.4 is 10.6 Å². The van der Waals surface area contributed by atoms with Gasteiger partial charge in [-0.05, 0) is 56.2 Å². The Balaban J connectivity index is 1.24. The quantitative estimate of drug-likeness (QED) is 0.554. The van der Waals surface area contributed by atoms with Gasteiger partial charge >= 0.3 is 0 Å².